The average molecular weight is 487 g/mol. The molecule has 2 rings (SSSR count). The Morgan fingerprint density at radius 2 is 1.46 bits per heavy atom. The van der Waals surface area contributed by atoms with E-state index in [1.54, 1.807) is 0 Å². The summed E-state index contributed by atoms with van der Waals surface area (Å²) in [7, 11) is -1.54. The van der Waals surface area contributed by atoms with Gasteiger partial charge in [0.1, 0.15) is 10.7 Å². The molecule has 0 saturated heterocycles. The molecule has 0 aliphatic carbocycles. The first-order valence-corrected chi connectivity index (χ1v) is 9.35. The number of methoxy groups -OCH3 is 2. The number of benzene rings is 2. The summed E-state index contributed by atoms with van der Waals surface area (Å²) in [6, 6.07) is 4.12. The zero-order chi connectivity index (χ0) is 18.1. The first-order valence-electron chi connectivity index (χ1n) is 6.28. The fourth-order valence-electron chi connectivity index (χ4n) is 1.91. The van der Waals surface area contributed by atoms with Gasteiger partial charge in [-0.1, -0.05) is 0 Å². The zero-order valence-corrected chi connectivity index (χ0v) is 16.4. The van der Waals surface area contributed by atoms with Crippen molar-refractivity contribution in [3.63, 3.8) is 0 Å². The van der Waals surface area contributed by atoms with Gasteiger partial charge in [0, 0.05) is 21.1 Å². The Kier molecular flexibility index (Phi) is 5.71. The molecule has 0 radical (unpaired) electrons. The molecule has 0 bridgehead atoms. The van der Waals surface area contributed by atoms with E-state index in [0.717, 1.165) is 24.3 Å². The van der Waals surface area contributed by atoms with Gasteiger partial charge >= 0.3 is 0 Å². The molecular weight excluding hydrogens is 476 g/mol. The second-order valence-corrected chi connectivity index (χ2v) is 7.82. The number of hydrogen-bond donors (Lipinski definition) is 1. The molecule has 2 aromatic rings. The molecule has 5 nitrogen and oxygen atoms in total. The van der Waals surface area contributed by atoms with Crippen LogP contribution in [0.3, 0.4) is 0 Å². The fourth-order valence-corrected chi connectivity index (χ4v) is 5.50. The van der Waals surface area contributed by atoms with Crippen LogP contribution >= 0.6 is 31.9 Å². The lowest BCUT2D eigenvalue weighted by molar-refractivity contribution is 0.353. The Morgan fingerprint density at radius 3 is 1.96 bits per heavy atom. The SMILES string of the molecule is COc1cc(F)c(NS(=O)(=O)c2c(Br)cc(F)cc2Br)cc1OC. The molecule has 1 N–H and O–H groups in total. The monoisotopic (exact) mass is 485 g/mol. The summed E-state index contributed by atoms with van der Waals surface area (Å²) in [5.41, 5.74) is -0.337. The normalized spacial score (nSPS) is 11.2. The first kappa shape index (κ1) is 18.9. The van der Waals surface area contributed by atoms with Crippen LogP contribution in [0.25, 0.3) is 0 Å². The Bertz CT molecular complexity index is 868. The third kappa shape index (κ3) is 3.81. The molecular formula is C14H11Br2F2NO4S. The number of hydrogen-bond acceptors (Lipinski definition) is 4. The number of ether oxygens (including phenoxy) is 2. The van der Waals surface area contributed by atoms with E-state index in [2.05, 4.69) is 36.6 Å². The van der Waals surface area contributed by atoms with Crippen LogP contribution in [0, 0.1) is 11.6 Å². The largest absolute Gasteiger partial charge is 0.493 e. The van der Waals surface area contributed by atoms with Crippen LogP contribution in [0.5, 0.6) is 11.5 Å². The molecule has 2 aromatic carbocycles. The van der Waals surface area contributed by atoms with Gasteiger partial charge in [0.05, 0.1) is 19.9 Å². The highest BCUT2D eigenvalue weighted by molar-refractivity contribution is 9.11. The molecule has 0 amide bonds. The number of sulfonamides is 1. The number of anilines is 1. The van der Waals surface area contributed by atoms with Crippen LogP contribution < -0.4 is 14.2 Å². The Hall–Kier alpha value is -1.39. The van der Waals surface area contributed by atoms with Crippen LogP contribution in [-0.2, 0) is 10.0 Å². The van der Waals surface area contributed by atoms with E-state index in [9.17, 15) is 17.2 Å². The Labute approximate surface area is 154 Å². The Balaban J connectivity index is 2.51. The van der Waals surface area contributed by atoms with Crippen molar-refractivity contribution in [1.29, 1.82) is 0 Å². The average Bonchev–Trinajstić information content (AvgIpc) is 2.47. The summed E-state index contributed by atoms with van der Waals surface area (Å²) < 4.78 is 64.5. The first-order chi connectivity index (χ1) is 11.2. The van der Waals surface area contributed by atoms with Crippen molar-refractivity contribution in [2.24, 2.45) is 0 Å². The number of nitrogens with one attached hydrogen (secondary N) is 1. The third-order valence-electron chi connectivity index (χ3n) is 2.95. The topological polar surface area (TPSA) is 64.6 Å². The predicted molar refractivity (Wildman–Crippen MR) is 92.1 cm³/mol. The number of rotatable bonds is 5. The smallest absolute Gasteiger partial charge is 0.264 e. The minimum absolute atomic E-state index is 0.0113. The molecule has 0 aliphatic rings. The van der Waals surface area contributed by atoms with Gasteiger partial charge in [-0.3, -0.25) is 4.72 Å². The second-order valence-electron chi connectivity index (χ2n) is 4.49. The highest BCUT2D eigenvalue weighted by Gasteiger charge is 2.24. The molecule has 0 unspecified atom stereocenters. The second kappa shape index (κ2) is 7.24. The van der Waals surface area contributed by atoms with Crippen LogP contribution in [0.15, 0.2) is 38.1 Å². The minimum atomic E-state index is -4.21. The van der Waals surface area contributed by atoms with Gasteiger partial charge in [-0.05, 0) is 44.0 Å². The number of halogens is 4. The predicted octanol–water partition coefficient (Wildman–Crippen LogP) is 4.31. The summed E-state index contributed by atoms with van der Waals surface area (Å²) in [4.78, 5) is -0.266. The van der Waals surface area contributed by atoms with E-state index in [0.29, 0.717) is 0 Å². The van der Waals surface area contributed by atoms with E-state index >= 15 is 0 Å². The maximum Gasteiger partial charge on any atom is 0.264 e. The van der Waals surface area contributed by atoms with E-state index in [-0.39, 0.29) is 31.0 Å². The van der Waals surface area contributed by atoms with E-state index in [1.807, 2.05) is 0 Å². The van der Waals surface area contributed by atoms with Gasteiger partial charge in [-0.25, -0.2) is 17.2 Å². The lowest BCUT2D eigenvalue weighted by Crippen LogP contribution is -2.15. The molecule has 130 valence electrons. The summed E-state index contributed by atoms with van der Waals surface area (Å²) >= 11 is 5.98. The lowest BCUT2D eigenvalue weighted by atomic mass is 10.2. The van der Waals surface area contributed by atoms with E-state index < -0.39 is 21.7 Å². The van der Waals surface area contributed by atoms with Crippen molar-refractivity contribution in [3.05, 3.63) is 44.8 Å². The molecule has 0 spiro atoms. The van der Waals surface area contributed by atoms with Crippen molar-refractivity contribution in [1.82, 2.24) is 0 Å². The lowest BCUT2D eigenvalue weighted by Gasteiger charge is -2.14. The van der Waals surface area contributed by atoms with Gasteiger partial charge in [0.2, 0.25) is 0 Å². The standard InChI is InChI=1S/C14H11Br2F2NO4S/c1-22-12-5-10(18)11(6-13(12)23-2)19-24(20,21)14-8(15)3-7(17)4-9(14)16/h3-6,19H,1-2H3. The molecule has 0 saturated carbocycles. The highest BCUT2D eigenvalue weighted by atomic mass is 79.9. The molecule has 0 atom stereocenters. The fraction of sp³-hybridized carbons (Fsp3) is 0.143. The minimum Gasteiger partial charge on any atom is -0.493 e. The zero-order valence-electron chi connectivity index (χ0n) is 12.4. The van der Waals surface area contributed by atoms with Gasteiger partial charge in [-0.15, -0.1) is 0 Å². The quantitative estimate of drug-likeness (QED) is 0.684. The molecule has 10 heteroatoms. The molecule has 0 heterocycles. The van der Waals surface area contributed by atoms with E-state index in [1.165, 1.54) is 14.2 Å². The van der Waals surface area contributed by atoms with Crippen molar-refractivity contribution in [2.75, 3.05) is 18.9 Å². The maximum absolute atomic E-state index is 14.1. The van der Waals surface area contributed by atoms with Crippen LogP contribution in [0.4, 0.5) is 14.5 Å². The van der Waals surface area contributed by atoms with Crippen molar-refractivity contribution in [2.45, 2.75) is 4.90 Å². The summed E-state index contributed by atoms with van der Waals surface area (Å²) in [5.74, 6) is -1.23. The van der Waals surface area contributed by atoms with Gasteiger partial charge in [-0.2, -0.15) is 0 Å². The van der Waals surface area contributed by atoms with Crippen molar-refractivity contribution < 1.29 is 26.7 Å². The van der Waals surface area contributed by atoms with Gasteiger partial charge < -0.3 is 9.47 Å². The molecule has 24 heavy (non-hydrogen) atoms. The summed E-state index contributed by atoms with van der Waals surface area (Å²) in [6.45, 7) is 0. The van der Waals surface area contributed by atoms with Crippen molar-refractivity contribution >= 4 is 47.6 Å². The van der Waals surface area contributed by atoms with Crippen molar-refractivity contribution in [3.8, 4) is 11.5 Å². The van der Waals surface area contributed by atoms with Crippen LogP contribution in [0.1, 0.15) is 0 Å². The maximum atomic E-state index is 14.1. The summed E-state index contributed by atoms with van der Waals surface area (Å²) in [6.07, 6.45) is 0. The summed E-state index contributed by atoms with van der Waals surface area (Å²) in [5, 5.41) is 0. The highest BCUT2D eigenvalue weighted by Crippen LogP contribution is 2.36. The molecule has 0 fully saturated rings. The van der Waals surface area contributed by atoms with Gasteiger partial charge in [0.15, 0.2) is 17.3 Å². The van der Waals surface area contributed by atoms with E-state index in [4.69, 9.17) is 9.47 Å². The Morgan fingerprint density at radius 1 is 0.958 bits per heavy atom. The molecule has 0 aliphatic heterocycles. The van der Waals surface area contributed by atoms with Gasteiger partial charge in [0.25, 0.3) is 10.0 Å². The molecule has 0 aromatic heterocycles. The third-order valence-corrected chi connectivity index (χ3v) is 6.19. The van der Waals surface area contributed by atoms with Crippen LogP contribution in [0.2, 0.25) is 0 Å². The van der Waals surface area contributed by atoms with Crippen LogP contribution in [-0.4, -0.2) is 22.6 Å².